The number of nitrogens with zero attached hydrogens (tertiary/aromatic N) is 1. The summed E-state index contributed by atoms with van der Waals surface area (Å²) in [6.45, 7) is 4.30. The predicted octanol–water partition coefficient (Wildman–Crippen LogP) is 3.97. The van der Waals surface area contributed by atoms with Crippen LogP contribution in [0.1, 0.15) is 50.7 Å². The Balaban J connectivity index is 1.72. The number of piperidine rings is 1. The molecule has 1 aromatic rings. The Labute approximate surface area is 121 Å². The van der Waals surface area contributed by atoms with Crippen LogP contribution in [0.15, 0.2) is 18.2 Å². The van der Waals surface area contributed by atoms with Crippen LogP contribution >= 0.6 is 0 Å². The van der Waals surface area contributed by atoms with E-state index in [9.17, 15) is 4.79 Å². The number of carbonyl (C=O) groups is 1. The number of anilines is 1. The summed E-state index contributed by atoms with van der Waals surface area (Å²) in [5, 5.41) is 3.09. The third kappa shape index (κ3) is 2.54. The van der Waals surface area contributed by atoms with Crippen LogP contribution in [0.4, 0.5) is 10.5 Å². The summed E-state index contributed by atoms with van der Waals surface area (Å²) in [6.07, 6.45) is 7.03. The van der Waals surface area contributed by atoms with Crippen LogP contribution < -0.4 is 5.32 Å². The topological polar surface area (TPSA) is 32.3 Å². The highest BCUT2D eigenvalue weighted by atomic mass is 16.2. The molecule has 0 spiro atoms. The van der Waals surface area contributed by atoms with Crippen molar-refractivity contribution in [3.8, 4) is 0 Å². The van der Waals surface area contributed by atoms with Crippen LogP contribution in [0.5, 0.6) is 0 Å². The molecular weight excluding hydrogens is 248 g/mol. The van der Waals surface area contributed by atoms with Gasteiger partial charge in [-0.25, -0.2) is 4.79 Å². The number of hydrogen-bond acceptors (Lipinski definition) is 1. The first-order chi connectivity index (χ1) is 9.65. The number of benzene rings is 1. The number of rotatable bonds is 1. The molecule has 1 fully saturated rings. The number of fused-ring (bicyclic) bond motifs is 1. The summed E-state index contributed by atoms with van der Waals surface area (Å²) in [6, 6.07) is 7.10. The zero-order chi connectivity index (χ0) is 14.1. The van der Waals surface area contributed by atoms with E-state index >= 15 is 0 Å². The van der Waals surface area contributed by atoms with Crippen molar-refractivity contribution < 1.29 is 4.79 Å². The van der Waals surface area contributed by atoms with Crippen molar-refractivity contribution in [2.24, 2.45) is 0 Å². The van der Waals surface area contributed by atoms with Crippen LogP contribution in [0.3, 0.4) is 0 Å². The lowest BCUT2D eigenvalue weighted by Crippen LogP contribution is -2.49. The van der Waals surface area contributed by atoms with Gasteiger partial charge in [-0.2, -0.15) is 0 Å². The third-order valence-electron chi connectivity index (χ3n) is 4.78. The highest BCUT2D eigenvalue weighted by molar-refractivity contribution is 5.90. The van der Waals surface area contributed by atoms with Gasteiger partial charge in [-0.1, -0.05) is 6.07 Å². The Morgan fingerprint density at radius 3 is 2.55 bits per heavy atom. The lowest BCUT2D eigenvalue weighted by atomic mass is 9.98. The lowest BCUT2D eigenvalue weighted by Gasteiger charge is -2.38. The van der Waals surface area contributed by atoms with Crippen LogP contribution in [0.25, 0.3) is 0 Å². The van der Waals surface area contributed by atoms with Gasteiger partial charge in [0.1, 0.15) is 0 Å². The molecule has 1 N–H and O–H groups in total. The number of amides is 2. The van der Waals surface area contributed by atoms with Crippen LogP contribution in [0, 0.1) is 0 Å². The van der Waals surface area contributed by atoms with E-state index in [0.717, 1.165) is 24.9 Å². The maximum Gasteiger partial charge on any atom is 0.322 e. The van der Waals surface area contributed by atoms with Gasteiger partial charge >= 0.3 is 6.03 Å². The summed E-state index contributed by atoms with van der Waals surface area (Å²) in [7, 11) is 0. The van der Waals surface area contributed by atoms with Crippen LogP contribution in [-0.2, 0) is 12.8 Å². The molecule has 2 aliphatic rings. The smallest absolute Gasteiger partial charge is 0.319 e. The van der Waals surface area contributed by atoms with Crippen molar-refractivity contribution in [2.75, 3.05) is 5.32 Å². The van der Waals surface area contributed by atoms with E-state index < -0.39 is 0 Å². The minimum absolute atomic E-state index is 0.0580. The molecule has 0 saturated carbocycles. The molecule has 1 aliphatic heterocycles. The molecule has 0 bridgehead atoms. The zero-order valence-electron chi connectivity index (χ0n) is 12.5. The molecule has 1 aromatic carbocycles. The fourth-order valence-electron chi connectivity index (χ4n) is 3.66. The van der Waals surface area contributed by atoms with E-state index in [0.29, 0.717) is 12.1 Å². The first-order valence-electron chi connectivity index (χ1n) is 7.86. The fourth-order valence-corrected chi connectivity index (χ4v) is 3.66. The molecular formula is C17H24N2O. The second kappa shape index (κ2) is 5.47. The van der Waals surface area contributed by atoms with Gasteiger partial charge < -0.3 is 10.2 Å². The standard InChI is InChI=1S/C17H24N2O/c1-12-5-3-6-13(2)19(12)17(20)18-16-10-9-14-7-4-8-15(14)11-16/h9-13H,3-8H2,1-2H3,(H,18,20)/t12-,13-/m0/s1. The van der Waals surface area contributed by atoms with Gasteiger partial charge in [0.05, 0.1) is 0 Å². The van der Waals surface area contributed by atoms with Crippen molar-refractivity contribution in [3.05, 3.63) is 29.3 Å². The molecule has 1 saturated heterocycles. The van der Waals surface area contributed by atoms with Gasteiger partial charge in [-0.3, -0.25) is 0 Å². The number of likely N-dealkylation sites (tertiary alicyclic amines) is 1. The predicted molar refractivity (Wildman–Crippen MR) is 82.1 cm³/mol. The molecule has 0 unspecified atom stereocenters. The maximum absolute atomic E-state index is 12.5. The fraction of sp³-hybridized carbons (Fsp3) is 0.588. The number of hydrogen-bond donors (Lipinski definition) is 1. The van der Waals surface area contributed by atoms with E-state index in [2.05, 4.69) is 31.3 Å². The molecule has 0 aromatic heterocycles. The zero-order valence-corrected chi connectivity index (χ0v) is 12.5. The van der Waals surface area contributed by atoms with E-state index in [-0.39, 0.29) is 6.03 Å². The van der Waals surface area contributed by atoms with Crippen molar-refractivity contribution in [1.82, 2.24) is 4.90 Å². The summed E-state index contributed by atoms with van der Waals surface area (Å²) in [5.74, 6) is 0. The normalized spacial score (nSPS) is 25.4. The number of carbonyl (C=O) groups excluding carboxylic acids is 1. The molecule has 1 heterocycles. The number of urea groups is 1. The quantitative estimate of drug-likeness (QED) is 0.824. The Morgan fingerprint density at radius 1 is 1.10 bits per heavy atom. The second-order valence-electron chi connectivity index (χ2n) is 6.30. The monoisotopic (exact) mass is 272 g/mol. The Bertz CT molecular complexity index is 502. The van der Waals surface area contributed by atoms with Crippen LogP contribution in [-0.4, -0.2) is 23.0 Å². The molecule has 108 valence electrons. The average molecular weight is 272 g/mol. The first-order valence-corrected chi connectivity index (χ1v) is 7.86. The molecule has 1 aliphatic carbocycles. The molecule has 3 heteroatoms. The molecule has 2 amide bonds. The van der Waals surface area contributed by atoms with Crippen molar-refractivity contribution in [1.29, 1.82) is 0 Å². The third-order valence-corrected chi connectivity index (χ3v) is 4.78. The van der Waals surface area contributed by atoms with Crippen molar-refractivity contribution in [3.63, 3.8) is 0 Å². The van der Waals surface area contributed by atoms with E-state index in [1.54, 1.807) is 0 Å². The first kappa shape index (κ1) is 13.5. The molecule has 0 radical (unpaired) electrons. The van der Waals surface area contributed by atoms with Gasteiger partial charge in [-0.05, 0) is 75.6 Å². The van der Waals surface area contributed by atoms with Gasteiger partial charge in [0.2, 0.25) is 0 Å². The summed E-state index contributed by atoms with van der Waals surface area (Å²) < 4.78 is 0. The SMILES string of the molecule is C[C@H]1CCC[C@H](C)N1C(=O)Nc1ccc2c(c1)CCC2. The highest BCUT2D eigenvalue weighted by Crippen LogP contribution is 2.27. The van der Waals surface area contributed by atoms with Crippen molar-refractivity contribution >= 4 is 11.7 Å². The summed E-state index contributed by atoms with van der Waals surface area (Å²) in [5.41, 5.74) is 3.80. The Morgan fingerprint density at radius 2 is 1.80 bits per heavy atom. The Hall–Kier alpha value is -1.51. The minimum Gasteiger partial charge on any atom is -0.319 e. The van der Waals surface area contributed by atoms with Crippen molar-refractivity contribution in [2.45, 2.75) is 64.5 Å². The molecule has 2 atom stereocenters. The molecule has 3 nitrogen and oxygen atoms in total. The van der Waals surface area contributed by atoms with E-state index in [1.165, 1.54) is 30.4 Å². The minimum atomic E-state index is 0.0580. The highest BCUT2D eigenvalue weighted by Gasteiger charge is 2.29. The van der Waals surface area contributed by atoms with Crippen LogP contribution in [0.2, 0.25) is 0 Å². The van der Waals surface area contributed by atoms with Gasteiger partial charge in [0.15, 0.2) is 0 Å². The lowest BCUT2D eigenvalue weighted by molar-refractivity contribution is 0.133. The molecule has 20 heavy (non-hydrogen) atoms. The molecule has 3 rings (SSSR count). The summed E-state index contributed by atoms with van der Waals surface area (Å²) in [4.78, 5) is 14.5. The summed E-state index contributed by atoms with van der Waals surface area (Å²) >= 11 is 0. The Kier molecular flexibility index (Phi) is 3.68. The van der Waals surface area contributed by atoms with E-state index in [4.69, 9.17) is 0 Å². The average Bonchev–Trinajstić information content (AvgIpc) is 2.85. The second-order valence-corrected chi connectivity index (χ2v) is 6.30. The van der Waals surface area contributed by atoms with Gasteiger partial charge in [-0.15, -0.1) is 0 Å². The van der Waals surface area contributed by atoms with E-state index in [1.807, 2.05) is 11.0 Å². The number of aryl methyl sites for hydroxylation is 2. The number of nitrogens with one attached hydrogen (secondary N) is 1. The van der Waals surface area contributed by atoms with Gasteiger partial charge in [0.25, 0.3) is 0 Å². The van der Waals surface area contributed by atoms with Gasteiger partial charge in [0, 0.05) is 17.8 Å². The largest absolute Gasteiger partial charge is 0.322 e. The maximum atomic E-state index is 12.5.